The predicted molar refractivity (Wildman–Crippen MR) is 110 cm³/mol. The molecule has 4 atom stereocenters. The van der Waals surface area contributed by atoms with Gasteiger partial charge in [0.2, 0.25) is 0 Å². The van der Waals surface area contributed by atoms with Crippen molar-refractivity contribution in [2.45, 2.75) is 58.7 Å². The van der Waals surface area contributed by atoms with Crippen molar-refractivity contribution in [1.29, 1.82) is 0 Å². The van der Waals surface area contributed by atoms with Crippen LogP contribution in [0.2, 0.25) is 0 Å². The summed E-state index contributed by atoms with van der Waals surface area (Å²) in [5, 5.41) is 31.0. The summed E-state index contributed by atoms with van der Waals surface area (Å²) in [5.74, 6) is -2.36. The largest absolute Gasteiger partial charge is 0.479 e. The number of carbonyl (C=O) groups excluding carboxylic acids is 1. The number of ether oxygens (including phenoxy) is 1. The molecule has 0 bridgehead atoms. The van der Waals surface area contributed by atoms with E-state index in [4.69, 9.17) is 4.74 Å². The fourth-order valence-corrected chi connectivity index (χ4v) is 5.28. The van der Waals surface area contributed by atoms with Crippen molar-refractivity contribution < 1.29 is 29.6 Å². The Morgan fingerprint density at radius 1 is 1.17 bits per heavy atom. The quantitative estimate of drug-likeness (QED) is 0.272. The van der Waals surface area contributed by atoms with E-state index >= 15 is 0 Å². The SMILES string of the molecule is C/C=C/C=C/C=C/C(=O)O[C@@H]1C=C(CO)[C@](O)(C(=O)O)[C@@]2(C)CCCC(C)(C)[C@H]12. The highest BCUT2D eigenvalue weighted by Gasteiger charge is 2.67. The van der Waals surface area contributed by atoms with E-state index < -0.39 is 41.6 Å². The van der Waals surface area contributed by atoms with Crippen LogP contribution in [0.15, 0.2) is 48.1 Å². The molecule has 0 radical (unpaired) electrons. The maximum absolute atomic E-state index is 12.4. The Morgan fingerprint density at radius 3 is 2.41 bits per heavy atom. The Hall–Kier alpha value is -2.18. The number of carboxylic acid groups (broad SMARTS) is 1. The molecule has 3 N–H and O–H groups in total. The van der Waals surface area contributed by atoms with Crippen LogP contribution in [0.4, 0.5) is 0 Å². The van der Waals surface area contributed by atoms with Crippen LogP contribution in [0.1, 0.15) is 47.0 Å². The Labute approximate surface area is 172 Å². The van der Waals surface area contributed by atoms with E-state index in [0.717, 1.165) is 12.8 Å². The van der Waals surface area contributed by atoms with Crippen LogP contribution < -0.4 is 0 Å². The molecule has 29 heavy (non-hydrogen) atoms. The molecule has 0 amide bonds. The minimum atomic E-state index is -2.21. The van der Waals surface area contributed by atoms with Gasteiger partial charge in [-0.05, 0) is 36.8 Å². The van der Waals surface area contributed by atoms with Gasteiger partial charge in [0.25, 0.3) is 0 Å². The van der Waals surface area contributed by atoms with E-state index in [0.29, 0.717) is 6.42 Å². The van der Waals surface area contributed by atoms with Gasteiger partial charge in [0.1, 0.15) is 6.10 Å². The summed E-state index contributed by atoms with van der Waals surface area (Å²) in [4.78, 5) is 24.5. The Kier molecular flexibility index (Phi) is 6.91. The van der Waals surface area contributed by atoms with Crippen molar-refractivity contribution in [3.05, 3.63) is 48.1 Å². The smallest absolute Gasteiger partial charge is 0.340 e. The molecular weight excluding hydrogens is 372 g/mol. The molecule has 0 saturated heterocycles. The number of carboxylic acids is 1. The highest BCUT2D eigenvalue weighted by atomic mass is 16.5. The van der Waals surface area contributed by atoms with Gasteiger partial charge in [-0.25, -0.2) is 9.59 Å². The molecule has 0 aromatic rings. The molecule has 2 aliphatic carbocycles. The van der Waals surface area contributed by atoms with E-state index in [2.05, 4.69) is 0 Å². The van der Waals surface area contributed by atoms with Crippen molar-refractivity contribution in [3.63, 3.8) is 0 Å². The fraction of sp³-hybridized carbons (Fsp3) is 0.565. The number of aliphatic carboxylic acids is 1. The Balaban J connectivity index is 2.45. The first kappa shape index (κ1) is 23.1. The summed E-state index contributed by atoms with van der Waals surface area (Å²) in [6, 6.07) is 0. The Morgan fingerprint density at radius 2 is 1.83 bits per heavy atom. The topological polar surface area (TPSA) is 104 Å². The standard InChI is InChI=1S/C23H32O6/c1-5-6-7-8-9-11-18(25)29-17-14-16(15-24)23(28,20(26)27)22(4)13-10-12-21(2,3)19(17)22/h5-9,11,14,17,19,24,28H,10,12-13,15H2,1-4H3,(H,26,27)/b6-5+,8-7+,11-9+/t17-,19+,22+,23+/m1/s1. The van der Waals surface area contributed by atoms with Gasteiger partial charge in [-0.1, -0.05) is 57.6 Å². The second-order valence-corrected chi connectivity index (χ2v) is 8.77. The number of rotatable bonds is 6. The number of aliphatic hydroxyl groups excluding tert-OH is 1. The van der Waals surface area contributed by atoms with Gasteiger partial charge in [0, 0.05) is 17.4 Å². The number of hydrogen-bond donors (Lipinski definition) is 3. The number of esters is 1. The number of fused-ring (bicyclic) bond motifs is 1. The van der Waals surface area contributed by atoms with Gasteiger partial charge >= 0.3 is 11.9 Å². The van der Waals surface area contributed by atoms with Gasteiger partial charge in [0.15, 0.2) is 5.60 Å². The number of aliphatic hydroxyl groups is 2. The normalized spacial score (nSPS) is 34.3. The third-order valence-electron chi connectivity index (χ3n) is 6.52. The lowest BCUT2D eigenvalue weighted by Crippen LogP contribution is -2.66. The fourth-order valence-electron chi connectivity index (χ4n) is 5.28. The van der Waals surface area contributed by atoms with Crippen LogP contribution in [-0.4, -0.2) is 45.6 Å². The lowest BCUT2D eigenvalue weighted by molar-refractivity contribution is -0.204. The third-order valence-corrected chi connectivity index (χ3v) is 6.52. The Bertz CT molecular complexity index is 759. The monoisotopic (exact) mass is 404 g/mol. The zero-order valence-corrected chi connectivity index (χ0v) is 17.6. The molecule has 6 heteroatoms. The minimum Gasteiger partial charge on any atom is -0.479 e. The minimum absolute atomic E-state index is 0.0313. The van der Waals surface area contributed by atoms with Crippen molar-refractivity contribution in [3.8, 4) is 0 Å². The van der Waals surface area contributed by atoms with Crippen LogP contribution in [0.25, 0.3) is 0 Å². The highest BCUT2D eigenvalue weighted by molar-refractivity contribution is 5.85. The first-order valence-corrected chi connectivity index (χ1v) is 9.99. The van der Waals surface area contributed by atoms with E-state index in [-0.39, 0.29) is 11.0 Å². The molecule has 6 nitrogen and oxygen atoms in total. The van der Waals surface area contributed by atoms with Gasteiger partial charge in [-0.3, -0.25) is 0 Å². The lowest BCUT2D eigenvalue weighted by atomic mass is 9.46. The maximum Gasteiger partial charge on any atom is 0.340 e. The summed E-state index contributed by atoms with van der Waals surface area (Å²) in [6.45, 7) is 7.00. The molecule has 0 aromatic carbocycles. The highest BCUT2D eigenvalue weighted by Crippen LogP contribution is 2.61. The van der Waals surface area contributed by atoms with Crippen LogP contribution in [0.5, 0.6) is 0 Å². The van der Waals surface area contributed by atoms with Crippen LogP contribution in [-0.2, 0) is 14.3 Å². The molecule has 1 saturated carbocycles. The summed E-state index contributed by atoms with van der Waals surface area (Å²) < 4.78 is 5.70. The van der Waals surface area contributed by atoms with Crippen LogP contribution in [0, 0.1) is 16.7 Å². The van der Waals surface area contributed by atoms with Crippen LogP contribution in [0.3, 0.4) is 0 Å². The second-order valence-electron chi connectivity index (χ2n) is 8.77. The molecular formula is C23H32O6. The summed E-state index contributed by atoms with van der Waals surface area (Å²) in [7, 11) is 0. The molecule has 0 spiro atoms. The zero-order valence-electron chi connectivity index (χ0n) is 17.6. The predicted octanol–water partition coefficient (Wildman–Crippen LogP) is 3.17. The average Bonchev–Trinajstić information content (AvgIpc) is 2.63. The van der Waals surface area contributed by atoms with Gasteiger partial charge in [0.05, 0.1) is 6.61 Å². The van der Waals surface area contributed by atoms with Crippen molar-refractivity contribution in [2.75, 3.05) is 6.61 Å². The van der Waals surface area contributed by atoms with Crippen molar-refractivity contribution >= 4 is 11.9 Å². The molecule has 160 valence electrons. The summed E-state index contributed by atoms with van der Waals surface area (Å²) in [6.07, 6.45) is 12.7. The van der Waals surface area contributed by atoms with Gasteiger partial charge < -0.3 is 20.1 Å². The van der Waals surface area contributed by atoms with Gasteiger partial charge in [-0.15, -0.1) is 0 Å². The molecule has 0 aliphatic heterocycles. The van der Waals surface area contributed by atoms with E-state index in [1.807, 2.05) is 32.9 Å². The average molecular weight is 405 g/mol. The van der Waals surface area contributed by atoms with E-state index in [9.17, 15) is 24.9 Å². The van der Waals surface area contributed by atoms with Gasteiger partial charge in [-0.2, -0.15) is 0 Å². The zero-order chi connectivity index (χ0) is 21.9. The van der Waals surface area contributed by atoms with Crippen LogP contribution >= 0.6 is 0 Å². The third kappa shape index (κ3) is 4.09. The lowest BCUT2D eigenvalue weighted by Gasteiger charge is -2.60. The number of carbonyl (C=O) groups is 2. The summed E-state index contributed by atoms with van der Waals surface area (Å²) >= 11 is 0. The molecule has 0 unspecified atom stereocenters. The van der Waals surface area contributed by atoms with E-state index in [1.54, 1.807) is 25.2 Å². The number of allylic oxidation sites excluding steroid dienone is 5. The maximum atomic E-state index is 12.4. The van der Waals surface area contributed by atoms with E-state index in [1.165, 1.54) is 12.2 Å². The molecule has 0 heterocycles. The number of hydrogen-bond acceptors (Lipinski definition) is 5. The first-order chi connectivity index (χ1) is 13.5. The molecule has 1 fully saturated rings. The first-order valence-electron chi connectivity index (χ1n) is 9.99. The van der Waals surface area contributed by atoms with Crippen molar-refractivity contribution in [1.82, 2.24) is 0 Å². The molecule has 0 aromatic heterocycles. The second kappa shape index (κ2) is 8.67. The molecule has 2 aliphatic rings. The summed E-state index contributed by atoms with van der Waals surface area (Å²) in [5.41, 5.74) is -3.70. The molecule has 2 rings (SSSR count). The van der Waals surface area contributed by atoms with Crippen molar-refractivity contribution in [2.24, 2.45) is 16.7 Å².